The Hall–Kier alpha value is -1.17. The van der Waals surface area contributed by atoms with Crippen molar-refractivity contribution in [3.8, 4) is 5.75 Å². The van der Waals surface area contributed by atoms with E-state index in [2.05, 4.69) is 0 Å². The third kappa shape index (κ3) is 4.68. The molecule has 0 aliphatic heterocycles. The van der Waals surface area contributed by atoms with Gasteiger partial charge in [-0.1, -0.05) is 24.4 Å². The number of hydrogen-bond donors (Lipinski definition) is 2. The molecule has 0 saturated carbocycles. The van der Waals surface area contributed by atoms with Crippen LogP contribution in [0.15, 0.2) is 24.3 Å². The Bertz CT molecular complexity index is 371. The first-order valence-corrected chi connectivity index (χ1v) is 5.87. The minimum atomic E-state index is 0.153. The van der Waals surface area contributed by atoms with E-state index < -0.39 is 0 Å². The van der Waals surface area contributed by atoms with Crippen LogP contribution in [0.5, 0.6) is 5.75 Å². The highest BCUT2D eigenvalue weighted by molar-refractivity contribution is 7.80. The summed E-state index contributed by atoms with van der Waals surface area (Å²) in [6, 6.07) is 7.45. The highest BCUT2D eigenvalue weighted by atomic mass is 32.1. The molecule has 94 valence electrons. The number of para-hydroxylation sites is 1. The average molecular weight is 254 g/mol. The highest BCUT2D eigenvalue weighted by Gasteiger charge is 2.05. The molecule has 5 heteroatoms. The number of thiocarbonyl (C=S) groups is 1. The molecular formula is C12H18N2O2S. The number of likely N-dealkylation sites (N-methyl/N-ethyl adjacent to an activating group) is 1. The van der Waals surface area contributed by atoms with Gasteiger partial charge in [0.15, 0.2) is 0 Å². The standard InChI is InChI=1S/C12H18N2O2S/c1-14(6-8-15)7-9-16-11-5-3-2-4-10(11)12(13)17/h2-5,15H,6-9H2,1H3,(H2,13,17). The van der Waals surface area contributed by atoms with E-state index in [-0.39, 0.29) is 6.61 Å². The molecule has 4 nitrogen and oxygen atoms in total. The van der Waals surface area contributed by atoms with E-state index >= 15 is 0 Å². The Labute approximate surface area is 107 Å². The van der Waals surface area contributed by atoms with Crippen molar-refractivity contribution in [2.45, 2.75) is 0 Å². The van der Waals surface area contributed by atoms with Crippen molar-refractivity contribution >= 4 is 17.2 Å². The molecule has 1 aromatic rings. The van der Waals surface area contributed by atoms with Crippen LogP contribution in [0.4, 0.5) is 0 Å². The SMILES string of the molecule is CN(CCO)CCOc1ccccc1C(N)=S. The predicted molar refractivity (Wildman–Crippen MR) is 72.4 cm³/mol. The van der Waals surface area contributed by atoms with Gasteiger partial charge in [-0.2, -0.15) is 0 Å². The Morgan fingerprint density at radius 1 is 1.41 bits per heavy atom. The second-order valence-corrected chi connectivity index (χ2v) is 4.18. The number of aliphatic hydroxyl groups is 1. The van der Waals surface area contributed by atoms with Crippen LogP contribution in [0.3, 0.4) is 0 Å². The molecule has 0 fully saturated rings. The van der Waals surface area contributed by atoms with Crippen LogP contribution >= 0.6 is 12.2 Å². The van der Waals surface area contributed by atoms with Gasteiger partial charge in [-0.15, -0.1) is 0 Å². The van der Waals surface area contributed by atoms with Crippen LogP contribution in [0.1, 0.15) is 5.56 Å². The molecule has 17 heavy (non-hydrogen) atoms. The number of hydrogen-bond acceptors (Lipinski definition) is 4. The molecule has 3 N–H and O–H groups in total. The van der Waals surface area contributed by atoms with Gasteiger partial charge >= 0.3 is 0 Å². The molecule has 0 heterocycles. The van der Waals surface area contributed by atoms with Crippen molar-refractivity contribution in [2.75, 3.05) is 33.4 Å². The van der Waals surface area contributed by atoms with Gasteiger partial charge in [0.25, 0.3) is 0 Å². The maximum absolute atomic E-state index is 8.75. The first-order chi connectivity index (χ1) is 8.15. The first-order valence-electron chi connectivity index (χ1n) is 5.46. The van der Waals surface area contributed by atoms with E-state index in [1.54, 1.807) is 0 Å². The molecule has 0 aromatic heterocycles. The van der Waals surface area contributed by atoms with Gasteiger partial charge in [0.05, 0.1) is 12.2 Å². The summed E-state index contributed by atoms with van der Waals surface area (Å²) >= 11 is 4.95. The minimum absolute atomic E-state index is 0.153. The minimum Gasteiger partial charge on any atom is -0.492 e. The van der Waals surface area contributed by atoms with Gasteiger partial charge in [0.2, 0.25) is 0 Å². The molecule has 0 aliphatic carbocycles. The second kappa shape index (κ2) is 7.21. The predicted octanol–water partition coefficient (Wildman–Crippen LogP) is 0.624. The molecule has 1 aromatic carbocycles. The lowest BCUT2D eigenvalue weighted by molar-refractivity contribution is 0.192. The number of nitrogens with two attached hydrogens (primary N) is 1. The van der Waals surface area contributed by atoms with Gasteiger partial charge in [0.1, 0.15) is 17.3 Å². The molecule has 0 aliphatic rings. The zero-order chi connectivity index (χ0) is 12.7. The average Bonchev–Trinajstić information content (AvgIpc) is 2.30. The van der Waals surface area contributed by atoms with E-state index in [0.717, 1.165) is 12.1 Å². The molecule has 0 spiro atoms. The zero-order valence-electron chi connectivity index (χ0n) is 9.93. The largest absolute Gasteiger partial charge is 0.492 e. The van der Waals surface area contributed by atoms with Crippen molar-refractivity contribution < 1.29 is 9.84 Å². The van der Waals surface area contributed by atoms with Crippen LogP contribution in [0.2, 0.25) is 0 Å². The normalized spacial score (nSPS) is 10.5. The topological polar surface area (TPSA) is 58.7 Å². The summed E-state index contributed by atoms with van der Waals surface area (Å²) in [5, 5.41) is 8.75. The van der Waals surface area contributed by atoms with Crippen LogP contribution < -0.4 is 10.5 Å². The fourth-order valence-electron chi connectivity index (χ4n) is 1.39. The van der Waals surface area contributed by atoms with Crippen LogP contribution in [-0.4, -0.2) is 48.3 Å². The second-order valence-electron chi connectivity index (χ2n) is 3.74. The van der Waals surface area contributed by atoms with Crippen molar-refractivity contribution in [2.24, 2.45) is 5.73 Å². The zero-order valence-corrected chi connectivity index (χ0v) is 10.7. The molecule has 0 unspecified atom stereocenters. The Morgan fingerprint density at radius 3 is 2.76 bits per heavy atom. The summed E-state index contributed by atoms with van der Waals surface area (Å²) in [6.45, 7) is 2.07. The highest BCUT2D eigenvalue weighted by Crippen LogP contribution is 2.17. The summed E-state index contributed by atoms with van der Waals surface area (Å²) < 4.78 is 5.62. The molecule has 1 rings (SSSR count). The summed E-state index contributed by atoms with van der Waals surface area (Å²) in [4.78, 5) is 2.33. The summed E-state index contributed by atoms with van der Waals surface area (Å²) in [5.41, 5.74) is 6.36. The van der Waals surface area contributed by atoms with E-state index in [9.17, 15) is 0 Å². The maximum atomic E-state index is 8.75. The van der Waals surface area contributed by atoms with Gasteiger partial charge < -0.3 is 20.5 Å². The van der Waals surface area contributed by atoms with Crippen molar-refractivity contribution in [3.63, 3.8) is 0 Å². The third-order valence-electron chi connectivity index (χ3n) is 2.36. The van der Waals surface area contributed by atoms with E-state index in [0.29, 0.717) is 23.9 Å². The summed E-state index contributed by atoms with van der Waals surface area (Å²) in [7, 11) is 1.93. The van der Waals surface area contributed by atoms with E-state index in [4.69, 9.17) is 27.8 Å². The molecule has 0 atom stereocenters. The molecule has 0 radical (unpaired) electrons. The van der Waals surface area contributed by atoms with Crippen molar-refractivity contribution in [1.29, 1.82) is 0 Å². The lowest BCUT2D eigenvalue weighted by Gasteiger charge is -2.16. The van der Waals surface area contributed by atoms with E-state index in [1.807, 2.05) is 36.2 Å². The van der Waals surface area contributed by atoms with E-state index in [1.165, 1.54) is 0 Å². The fraction of sp³-hybridized carbons (Fsp3) is 0.417. The summed E-state index contributed by atoms with van der Waals surface area (Å²) in [6.07, 6.45) is 0. The Balaban J connectivity index is 2.49. The molecular weight excluding hydrogens is 236 g/mol. The summed E-state index contributed by atoms with van der Waals surface area (Å²) in [5.74, 6) is 0.706. The molecule has 0 amide bonds. The third-order valence-corrected chi connectivity index (χ3v) is 2.58. The lowest BCUT2D eigenvalue weighted by atomic mass is 10.2. The van der Waals surface area contributed by atoms with Gasteiger partial charge in [0, 0.05) is 13.1 Å². The van der Waals surface area contributed by atoms with Crippen molar-refractivity contribution in [1.82, 2.24) is 4.90 Å². The van der Waals surface area contributed by atoms with Crippen LogP contribution in [-0.2, 0) is 0 Å². The van der Waals surface area contributed by atoms with Gasteiger partial charge in [-0.25, -0.2) is 0 Å². The van der Waals surface area contributed by atoms with Gasteiger partial charge in [-0.05, 0) is 19.2 Å². The quantitative estimate of drug-likeness (QED) is 0.699. The van der Waals surface area contributed by atoms with Gasteiger partial charge in [-0.3, -0.25) is 0 Å². The van der Waals surface area contributed by atoms with Crippen LogP contribution in [0, 0.1) is 0 Å². The fourth-order valence-corrected chi connectivity index (χ4v) is 1.56. The number of rotatable bonds is 7. The first kappa shape index (κ1) is 13.9. The Kier molecular flexibility index (Phi) is 5.90. The number of nitrogens with zero attached hydrogens (tertiary/aromatic N) is 1. The smallest absolute Gasteiger partial charge is 0.129 e. The van der Waals surface area contributed by atoms with Crippen molar-refractivity contribution in [3.05, 3.63) is 29.8 Å². The monoisotopic (exact) mass is 254 g/mol. The number of ether oxygens (including phenoxy) is 1. The molecule has 0 bridgehead atoms. The van der Waals surface area contributed by atoms with Crippen LogP contribution in [0.25, 0.3) is 0 Å². The molecule has 0 saturated heterocycles. The Morgan fingerprint density at radius 2 is 2.12 bits per heavy atom. The number of aliphatic hydroxyl groups excluding tert-OH is 1. The maximum Gasteiger partial charge on any atom is 0.129 e. The number of benzene rings is 1. The lowest BCUT2D eigenvalue weighted by Crippen LogP contribution is -2.27.